The minimum Gasteiger partial charge on any atom is -0.126 e. The lowest BCUT2D eigenvalue weighted by atomic mass is 10.1. The van der Waals surface area contributed by atoms with E-state index in [9.17, 15) is 0 Å². The largest absolute Gasteiger partial charge is 0.126 e. The van der Waals surface area contributed by atoms with Crippen molar-refractivity contribution in [2.24, 2.45) is 0 Å². The molecule has 0 aliphatic rings. The first-order chi connectivity index (χ1) is 6.24. The summed E-state index contributed by atoms with van der Waals surface area (Å²) in [6.07, 6.45) is 1.23. The second-order valence-corrected chi connectivity index (χ2v) is 5.10. The van der Waals surface area contributed by atoms with E-state index in [4.69, 9.17) is 0 Å². The average molecular weight is 259 g/mol. The topological polar surface area (TPSA) is 0 Å². The van der Waals surface area contributed by atoms with Crippen molar-refractivity contribution in [3.8, 4) is 0 Å². The van der Waals surface area contributed by atoms with Gasteiger partial charge in [0, 0.05) is 10.2 Å². The van der Waals surface area contributed by atoms with Crippen molar-refractivity contribution in [3.63, 3.8) is 0 Å². The molecule has 0 fully saturated rings. The summed E-state index contributed by atoms with van der Waals surface area (Å²) in [5.74, 6) is 1.20. The van der Waals surface area contributed by atoms with Gasteiger partial charge in [0.1, 0.15) is 0 Å². The van der Waals surface area contributed by atoms with Crippen molar-refractivity contribution in [2.75, 3.05) is 11.1 Å². The molecule has 0 nitrogen and oxygen atoms in total. The van der Waals surface area contributed by atoms with Gasteiger partial charge in [-0.2, -0.15) is 0 Å². The van der Waals surface area contributed by atoms with E-state index < -0.39 is 0 Å². The van der Waals surface area contributed by atoms with Crippen LogP contribution >= 0.6 is 27.7 Å². The van der Waals surface area contributed by atoms with Crippen molar-refractivity contribution in [1.29, 1.82) is 0 Å². The van der Waals surface area contributed by atoms with Crippen LogP contribution < -0.4 is 0 Å². The number of thioether (sulfide) groups is 1. The summed E-state index contributed by atoms with van der Waals surface area (Å²) in [6, 6.07) is 6.68. The molecule has 0 aromatic heterocycles. The van der Waals surface area contributed by atoms with E-state index in [1.54, 1.807) is 0 Å². The number of alkyl halides is 1. The van der Waals surface area contributed by atoms with Gasteiger partial charge < -0.3 is 0 Å². The highest BCUT2D eigenvalue weighted by molar-refractivity contribution is 9.09. The fourth-order valence-electron chi connectivity index (χ4n) is 1.05. The molecule has 0 unspecified atom stereocenters. The molecule has 0 atom stereocenters. The van der Waals surface area contributed by atoms with E-state index in [0.717, 1.165) is 5.33 Å². The van der Waals surface area contributed by atoms with E-state index in [0.29, 0.717) is 0 Å². The van der Waals surface area contributed by atoms with E-state index in [1.807, 2.05) is 11.8 Å². The Morgan fingerprint density at radius 3 is 2.62 bits per heavy atom. The van der Waals surface area contributed by atoms with Gasteiger partial charge in [-0.1, -0.05) is 22.0 Å². The first-order valence-corrected chi connectivity index (χ1v) is 6.61. The molecule has 1 rings (SSSR count). The van der Waals surface area contributed by atoms with Crippen LogP contribution in [0.4, 0.5) is 0 Å². The molecule has 0 saturated carbocycles. The smallest absolute Gasteiger partial charge is 0.00747 e. The minimum atomic E-state index is 1.10. The maximum atomic E-state index is 3.44. The quantitative estimate of drug-likeness (QED) is 0.444. The molecule has 0 saturated heterocycles. The van der Waals surface area contributed by atoms with Crippen molar-refractivity contribution < 1.29 is 0 Å². The Morgan fingerprint density at radius 1 is 1.23 bits per heavy atom. The Balaban J connectivity index is 2.53. The number of halogens is 1. The molecule has 72 valence electrons. The monoisotopic (exact) mass is 258 g/mol. The van der Waals surface area contributed by atoms with E-state index >= 15 is 0 Å². The third-order valence-corrected chi connectivity index (χ3v) is 3.67. The summed E-state index contributed by atoms with van der Waals surface area (Å²) < 4.78 is 0. The highest BCUT2D eigenvalue weighted by Gasteiger charge is 1.96. The van der Waals surface area contributed by atoms with Gasteiger partial charge in [0.05, 0.1) is 0 Å². The van der Waals surface area contributed by atoms with Crippen molar-refractivity contribution in [2.45, 2.75) is 25.2 Å². The predicted molar refractivity (Wildman–Crippen MR) is 65.1 cm³/mol. The lowest BCUT2D eigenvalue weighted by molar-refractivity contribution is 1.13. The Hall–Kier alpha value is 0.0500. The molecular formula is C11H15BrS. The second kappa shape index (κ2) is 5.71. The Labute approximate surface area is 93.2 Å². The van der Waals surface area contributed by atoms with Gasteiger partial charge in [0.25, 0.3) is 0 Å². The summed E-state index contributed by atoms with van der Waals surface area (Å²) in [4.78, 5) is 1.39. The van der Waals surface area contributed by atoms with Crippen LogP contribution in [0.1, 0.15) is 17.5 Å². The number of rotatable bonds is 4. The highest BCUT2D eigenvalue weighted by Crippen LogP contribution is 2.21. The SMILES string of the molecule is Cc1ccc(SCCCBr)cc1C. The van der Waals surface area contributed by atoms with Crippen molar-refractivity contribution >= 4 is 27.7 Å². The van der Waals surface area contributed by atoms with Crippen LogP contribution in [0.5, 0.6) is 0 Å². The number of hydrogen-bond donors (Lipinski definition) is 0. The van der Waals surface area contributed by atoms with E-state index in [2.05, 4.69) is 48.0 Å². The van der Waals surface area contributed by atoms with Crippen LogP contribution in [0.25, 0.3) is 0 Å². The standard InChI is InChI=1S/C11H15BrS/c1-9-4-5-11(8-10(9)2)13-7-3-6-12/h4-5,8H,3,6-7H2,1-2H3. The van der Waals surface area contributed by atoms with Gasteiger partial charge in [-0.15, -0.1) is 11.8 Å². The highest BCUT2D eigenvalue weighted by atomic mass is 79.9. The van der Waals surface area contributed by atoms with E-state index in [-0.39, 0.29) is 0 Å². The molecule has 0 N–H and O–H groups in total. The van der Waals surface area contributed by atoms with Crippen LogP contribution in [0.2, 0.25) is 0 Å². The molecule has 1 aromatic carbocycles. The van der Waals surface area contributed by atoms with Crippen LogP contribution in [-0.2, 0) is 0 Å². The van der Waals surface area contributed by atoms with Gasteiger partial charge in [-0.3, -0.25) is 0 Å². The first-order valence-electron chi connectivity index (χ1n) is 4.50. The van der Waals surface area contributed by atoms with Crippen molar-refractivity contribution in [3.05, 3.63) is 29.3 Å². The zero-order valence-corrected chi connectivity index (χ0v) is 10.5. The third-order valence-electron chi connectivity index (χ3n) is 2.03. The van der Waals surface area contributed by atoms with Crippen molar-refractivity contribution in [1.82, 2.24) is 0 Å². The normalized spacial score (nSPS) is 10.4. The van der Waals surface area contributed by atoms with Crippen LogP contribution in [-0.4, -0.2) is 11.1 Å². The first kappa shape index (κ1) is 11.1. The summed E-state index contributed by atoms with van der Waals surface area (Å²) in [5.41, 5.74) is 2.77. The Kier molecular flexibility index (Phi) is 4.89. The summed E-state index contributed by atoms with van der Waals surface area (Å²) in [6.45, 7) is 4.33. The number of aryl methyl sites for hydroxylation is 2. The second-order valence-electron chi connectivity index (χ2n) is 3.14. The van der Waals surface area contributed by atoms with Crippen LogP contribution in [0.3, 0.4) is 0 Å². The molecular weight excluding hydrogens is 244 g/mol. The van der Waals surface area contributed by atoms with Gasteiger partial charge >= 0.3 is 0 Å². The molecule has 0 aliphatic heterocycles. The molecule has 0 bridgehead atoms. The zero-order valence-electron chi connectivity index (χ0n) is 8.14. The van der Waals surface area contributed by atoms with Gasteiger partial charge in [-0.05, 0) is 49.3 Å². The number of hydrogen-bond acceptors (Lipinski definition) is 1. The fraction of sp³-hybridized carbons (Fsp3) is 0.455. The maximum absolute atomic E-state index is 3.44. The zero-order chi connectivity index (χ0) is 9.68. The number of benzene rings is 1. The van der Waals surface area contributed by atoms with Crippen LogP contribution in [0.15, 0.2) is 23.1 Å². The maximum Gasteiger partial charge on any atom is 0.00747 e. The molecule has 0 spiro atoms. The van der Waals surface area contributed by atoms with Gasteiger partial charge in [0.15, 0.2) is 0 Å². The summed E-state index contributed by atoms with van der Waals surface area (Å²) >= 11 is 5.37. The lowest BCUT2D eigenvalue weighted by Crippen LogP contribution is -1.84. The molecule has 13 heavy (non-hydrogen) atoms. The average Bonchev–Trinajstić information content (AvgIpc) is 2.12. The Morgan fingerprint density at radius 2 is 2.00 bits per heavy atom. The summed E-state index contributed by atoms with van der Waals surface area (Å²) in [7, 11) is 0. The summed E-state index contributed by atoms with van der Waals surface area (Å²) in [5, 5.41) is 1.10. The molecule has 0 amide bonds. The lowest BCUT2D eigenvalue weighted by Gasteiger charge is -2.03. The molecule has 0 heterocycles. The molecule has 0 aliphatic carbocycles. The minimum absolute atomic E-state index is 1.10. The Bertz CT molecular complexity index is 271. The predicted octanol–water partition coefficient (Wildman–Crippen LogP) is 4.18. The van der Waals surface area contributed by atoms with Crippen LogP contribution in [0, 0.1) is 13.8 Å². The molecule has 1 aromatic rings. The third kappa shape index (κ3) is 3.74. The molecule has 2 heteroatoms. The van der Waals surface area contributed by atoms with Gasteiger partial charge in [0.2, 0.25) is 0 Å². The van der Waals surface area contributed by atoms with Gasteiger partial charge in [-0.25, -0.2) is 0 Å². The molecule has 0 radical (unpaired) electrons. The van der Waals surface area contributed by atoms with E-state index in [1.165, 1.54) is 28.2 Å². The fourth-order valence-corrected chi connectivity index (χ4v) is 2.65.